The molecule has 3 aromatic carbocycles. The largest absolute Gasteiger partial charge is 0.483 e. The number of hydrogen-bond donors (Lipinski definition) is 1. The van der Waals surface area contributed by atoms with Gasteiger partial charge in [0.05, 0.1) is 5.56 Å². The zero-order chi connectivity index (χ0) is 26.9. The summed E-state index contributed by atoms with van der Waals surface area (Å²) in [5.74, 6) is -0.566. The summed E-state index contributed by atoms with van der Waals surface area (Å²) in [5.41, 5.74) is 4.08. The molecule has 0 aliphatic carbocycles. The van der Waals surface area contributed by atoms with E-state index < -0.39 is 11.6 Å². The van der Waals surface area contributed by atoms with Crippen LogP contribution in [0.2, 0.25) is 5.02 Å². The molecule has 3 aromatic rings. The van der Waals surface area contributed by atoms with E-state index in [1.54, 1.807) is 18.2 Å². The molecule has 1 N–H and O–H groups in total. The lowest BCUT2D eigenvalue weighted by Gasteiger charge is -2.15. The highest BCUT2D eigenvalue weighted by molar-refractivity contribution is 6.31. The van der Waals surface area contributed by atoms with Crippen molar-refractivity contribution >= 4 is 29.0 Å². The lowest BCUT2D eigenvalue weighted by atomic mass is 9.94. The molecular formula is C31H35ClFNO3. The summed E-state index contributed by atoms with van der Waals surface area (Å²) in [6.45, 7) is 8.07. The summed E-state index contributed by atoms with van der Waals surface area (Å²) in [6, 6.07) is 15.0. The number of benzene rings is 3. The van der Waals surface area contributed by atoms with Gasteiger partial charge in [-0.2, -0.15) is 0 Å². The Kier molecular flexibility index (Phi) is 10.3. The predicted octanol–water partition coefficient (Wildman–Crippen LogP) is 8.28. The van der Waals surface area contributed by atoms with Gasteiger partial charge in [-0.1, -0.05) is 63.8 Å². The Morgan fingerprint density at radius 1 is 1.03 bits per heavy atom. The van der Waals surface area contributed by atoms with Gasteiger partial charge in [0.15, 0.2) is 12.4 Å². The van der Waals surface area contributed by atoms with Gasteiger partial charge < -0.3 is 10.1 Å². The fraction of sp³-hybridized carbons (Fsp3) is 0.355. The maximum absolute atomic E-state index is 14.2. The van der Waals surface area contributed by atoms with Crippen LogP contribution in [0.5, 0.6) is 5.75 Å². The van der Waals surface area contributed by atoms with Crippen molar-refractivity contribution in [2.24, 2.45) is 0 Å². The minimum absolute atomic E-state index is 0.176. The maximum atomic E-state index is 14.2. The van der Waals surface area contributed by atoms with Crippen LogP contribution in [-0.2, 0) is 11.2 Å². The molecule has 0 spiro atoms. The molecule has 1 amide bonds. The van der Waals surface area contributed by atoms with Gasteiger partial charge in [-0.05, 0) is 84.8 Å². The number of amides is 1. The molecule has 3 rings (SSSR count). The SMILES string of the molecule is CCCCC(C)c1ccc(NC(=O)COc2ccc(Cl)cc2C(=O)c2cc(F)cc(CCC)c2)c(C)c1. The van der Waals surface area contributed by atoms with Crippen molar-refractivity contribution in [3.63, 3.8) is 0 Å². The molecule has 6 heteroatoms. The first-order valence-corrected chi connectivity index (χ1v) is 13.3. The molecule has 1 atom stereocenters. The van der Waals surface area contributed by atoms with Crippen LogP contribution in [0.25, 0.3) is 0 Å². The van der Waals surface area contributed by atoms with Crippen LogP contribution in [-0.4, -0.2) is 18.3 Å². The Balaban J connectivity index is 1.71. The first-order valence-electron chi connectivity index (χ1n) is 12.9. The first kappa shape index (κ1) is 28.4. The second kappa shape index (κ2) is 13.4. The number of carbonyl (C=O) groups is 2. The molecule has 0 fully saturated rings. The Bertz CT molecular complexity index is 1260. The highest BCUT2D eigenvalue weighted by Crippen LogP contribution is 2.28. The monoisotopic (exact) mass is 523 g/mol. The predicted molar refractivity (Wildman–Crippen MR) is 149 cm³/mol. The van der Waals surface area contributed by atoms with Crippen molar-refractivity contribution in [3.8, 4) is 5.75 Å². The summed E-state index contributed by atoms with van der Waals surface area (Å²) in [5, 5.41) is 3.23. The molecule has 0 aliphatic heterocycles. The van der Waals surface area contributed by atoms with Crippen LogP contribution in [0.15, 0.2) is 54.6 Å². The van der Waals surface area contributed by atoms with Gasteiger partial charge in [-0.3, -0.25) is 9.59 Å². The number of ketones is 1. The molecule has 0 heterocycles. The molecule has 0 radical (unpaired) electrons. The average Bonchev–Trinajstić information content (AvgIpc) is 2.87. The Hall–Kier alpha value is -3.18. The van der Waals surface area contributed by atoms with Gasteiger partial charge in [0.2, 0.25) is 0 Å². The van der Waals surface area contributed by atoms with Crippen LogP contribution in [0.1, 0.15) is 85.0 Å². The normalized spacial score (nSPS) is 11.7. The molecule has 0 aliphatic rings. The second-order valence-electron chi connectivity index (χ2n) is 9.52. The quantitative estimate of drug-likeness (QED) is 0.243. The van der Waals surface area contributed by atoms with Crippen LogP contribution in [0.4, 0.5) is 10.1 Å². The van der Waals surface area contributed by atoms with Gasteiger partial charge in [0.25, 0.3) is 5.91 Å². The second-order valence-corrected chi connectivity index (χ2v) is 9.96. The summed E-state index contributed by atoms with van der Waals surface area (Å²) in [7, 11) is 0. The van der Waals surface area contributed by atoms with Gasteiger partial charge in [0.1, 0.15) is 11.6 Å². The van der Waals surface area contributed by atoms with Crippen molar-refractivity contribution in [2.75, 3.05) is 11.9 Å². The minimum atomic E-state index is -0.473. The highest BCUT2D eigenvalue weighted by Gasteiger charge is 2.18. The van der Waals surface area contributed by atoms with Gasteiger partial charge in [-0.25, -0.2) is 4.39 Å². The topological polar surface area (TPSA) is 55.4 Å². The lowest BCUT2D eigenvalue weighted by Crippen LogP contribution is -2.21. The summed E-state index contributed by atoms with van der Waals surface area (Å²) in [4.78, 5) is 25.9. The smallest absolute Gasteiger partial charge is 0.262 e. The van der Waals surface area contributed by atoms with Crippen molar-refractivity contribution in [1.29, 1.82) is 0 Å². The van der Waals surface area contributed by atoms with Crippen LogP contribution in [0.3, 0.4) is 0 Å². The van der Waals surface area contributed by atoms with E-state index in [4.69, 9.17) is 16.3 Å². The van der Waals surface area contributed by atoms with E-state index in [1.165, 1.54) is 36.6 Å². The molecule has 4 nitrogen and oxygen atoms in total. The van der Waals surface area contributed by atoms with Gasteiger partial charge >= 0.3 is 0 Å². The fourth-order valence-electron chi connectivity index (χ4n) is 4.32. The first-order chi connectivity index (χ1) is 17.7. The third kappa shape index (κ3) is 7.90. The Labute approximate surface area is 224 Å². The minimum Gasteiger partial charge on any atom is -0.483 e. The Morgan fingerprint density at radius 2 is 1.81 bits per heavy atom. The number of ether oxygens (including phenoxy) is 1. The lowest BCUT2D eigenvalue weighted by molar-refractivity contribution is -0.118. The third-order valence-electron chi connectivity index (χ3n) is 6.39. The van der Waals surface area contributed by atoms with Crippen molar-refractivity contribution in [1.82, 2.24) is 0 Å². The molecule has 196 valence electrons. The van der Waals surface area contributed by atoms with E-state index in [2.05, 4.69) is 25.2 Å². The fourth-order valence-corrected chi connectivity index (χ4v) is 4.49. The van der Waals surface area contributed by atoms with E-state index >= 15 is 0 Å². The number of hydrogen-bond acceptors (Lipinski definition) is 3. The number of unbranched alkanes of at least 4 members (excludes halogenated alkanes) is 1. The zero-order valence-corrected chi connectivity index (χ0v) is 22.8. The third-order valence-corrected chi connectivity index (χ3v) is 6.62. The van der Waals surface area contributed by atoms with Crippen molar-refractivity contribution < 1.29 is 18.7 Å². The molecule has 0 aromatic heterocycles. The van der Waals surface area contributed by atoms with Crippen LogP contribution in [0, 0.1) is 12.7 Å². The van der Waals surface area contributed by atoms with E-state index in [-0.39, 0.29) is 29.4 Å². The van der Waals surface area contributed by atoms with E-state index in [1.807, 2.05) is 26.0 Å². The van der Waals surface area contributed by atoms with Crippen LogP contribution < -0.4 is 10.1 Å². The number of nitrogens with one attached hydrogen (secondary N) is 1. The standard InChI is InChI=1S/C31H35ClFNO3/c1-5-7-9-20(3)23-10-12-28(21(4)14-23)34-30(35)19-37-29-13-11-25(32)18-27(29)31(36)24-15-22(8-6-2)16-26(33)17-24/h10-18,20H,5-9,19H2,1-4H3,(H,34,35). The Morgan fingerprint density at radius 3 is 2.51 bits per heavy atom. The number of aryl methyl sites for hydroxylation is 2. The molecule has 1 unspecified atom stereocenters. The van der Waals surface area contributed by atoms with E-state index in [9.17, 15) is 14.0 Å². The van der Waals surface area contributed by atoms with Crippen molar-refractivity contribution in [2.45, 2.75) is 65.7 Å². The maximum Gasteiger partial charge on any atom is 0.262 e. The number of carbonyl (C=O) groups excluding carboxylic acids is 2. The number of halogens is 2. The van der Waals surface area contributed by atoms with Gasteiger partial charge in [-0.15, -0.1) is 0 Å². The molecule has 0 bridgehead atoms. The van der Waals surface area contributed by atoms with E-state index in [0.717, 1.165) is 29.7 Å². The summed E-state index contributed by atoms with van der Waals surface area (Å²) < 4.78 is 19.9. The van der Waals surface area contributed by atoms with Crippen LogP contribution >= 0.6 is 11.6 Å². The van der Waals surface area contributed by atoms with E-state index in [0.29, 0.717) is 17.4 Å². The molecular weight excluding hydrogens is 489 g/mol. The summed E-state index contributed by atoms with van der Waals surface area (Å²) >= 11 is 6.15. The number of anilines is 1. The zero-order valence-electron chi connectivity index (χ0n) is 22.0. The summed E-state index contributed by atoms with van der Waals surface area (Å²) in [6.07, 6.45) is 4.98. The highest BCUT2D eigenvalue weighted by atomic mass is 35.5. The molecule has 37 heavy (non-hydrogen) atoms. The molecule has 0 saturated carbocycles. The van der Waals surface area contributed by atoms with Crippen molar-refractivity contribution in [3.05, 3.63) is 93.3 Å². The average molecular weight is 524 g/mol. The van der Waals surface area contributed by atoms with Gasteiger partial charge in [0, 0.05) is 16.3 Å². The number of rotatable bonds is 12. The molecule has 0 saturated heterocycles.